The Morgan fingerprint density at radius 1 is 1.18 bits per heavy atom. The zero-order chi connectivity index (χ0) is 23.9. The summed E-state index contributed by atoms with van der Waals surface area (Å²) in [5, 5.41) is 6.19. The number of hydrogen-bond donors (Lipinski definition) is 3. The molecule has 2 atom stereocenters. The number of carbonyl (C=O) groups is 3. The summed E-state index contributed by atoms with van der Waals surface area (Å²) in [7, 11) is 0. The topological polar surface area (TPSA) is 111 Å². The van der Waals surface area contributed by atoms with E-state index >= 15 is 0 Å². The minimum absolute atomic E-state index is 0.0486. The first-order valence-corrected chi connectivity index (χ1v) is 13.0. The number of piperidine rings is 1. The fourth-order valence-electron chi connectivity index (χ4n) is 5.23. The maximum atomic E-state index is 14.0. The molecule has 4 N–H and O–H groups in total. The number of carbonyl (C=O) groups excluding carboxylic acids is 3. The Morgan fingerprint density at radius 2 is 1.94 bits per heavy atom. The van der Waals surface area contributed by atoms with Gasteiger partial charge in [0.2, 0.25) is 5.78 Å². The number of hydrogen-bond acceptors (Lipinski definition) is 7. The second-order valence-electron chi connectivity index (χ2n) is 9.28. The largest absolute Gasteiger partial charge is 0.481 e. The molecule has 7 nitrogen and oxygen atoms in total. The van der Waals surface area contributed by atoms with Crippen LogP contribution in [-0.2, 0) is 16.8 Å². The third-order valence-corrected chi connectivity index (χ3v) is 8.07. The van der Waals surface area contributed by atoms with E-state index < -0.39 is 17.6 Å². The molecule has 2 aromatic rings. The average Bonchev–Trinajstić information content (AvgIpc) is 3.18. The summed E-state index contributed by atoms with van der Waals surface area (Å²) < 4.78 is 6.32. The summed E-state index contributed by atoms with van der Waals surface area (Å²) in [6.07, 6.45) is 3.97. The second kappa shape index (κ2) is 9.17. The van der Waals surface area contributed by atoms with Crippen molar-refractivity contribution < 1.29 is 19.1 Å². The summed E-state index contributed by atoms with van der Waals surface area (Å²) in [6, 6.07) is 10.7. The lowest BCUT2D eigenvalue weighted by molar-refractivity contribution is -0.126. The molecule has 1 saturated heterocycles. The van der Waals surface area contributed by atoms with Crippen molar-refractivity contribution in [3.05, 3.63) is 58.7 Å². The molecular formula is C26H29N3O4S. The fraction of sp³-hybridized carbons (Fsp3) is 0.423. The molecule has 34 heavy (non-hydrogen) atoms. The molecule has 1 amide bonds. The Hall–Kier alpha value is -2.68. The summed E-state index contributed by atoms with van der Waals surface area (Å²) in [5.74, 6) is 0.326. The number of fused-ring (bicyclic) bond motifs is 2. The Bertz CT molecular complexity index is 1160. The van der Waals surface area contributed by atoms with Crippen molar-refractivity contribution in [2.24, 2.45) is 5.73 Å². The standard InChI is InChI=1S/C26H29N3O4S/c1-34-18-12-16(11-17(13-18)25(32)29-20-3-4-21(20)30)23(31)24-26(6-8-28-9-7-26)19-10-15(14-27)2-5-22(19)33-24/h2,5,10-13,20,24,28H,3-4,6-9,14,27H2,1H3,(H,29,32). The second-order valence-corrected chi connectivity index (χ2v) is 10.2. The van der Waals surface area contributed by atoms with E-state index in [1.165, 1.54) is 11.8 Å². The molecule has 2 aromatic carbocycles. The van der Waals surface area contributed by atoms with Gasteiger partial charge in [-0.25, -0.2) is 0 Å². The van der Waals surface area contributed by atoms with Crippen molar-refractivity contribution in [2.75, 3.05) is 19.3 Å². The smallest absolute Gasteiger partial charge is 0.251 e. The molecule has 0 aromatic heterocycles. The minimum atomic E-state index is -0.668. The molecule has 2 aliphatic heterocycles. The monoisotopic (exact) mass is 479 g/mol. The van der Waals surface area contributed by atoms with Gasteiger partial charge in [-0.05, 0) is 68.4 Å². The van der Waals surface area contributed by atoms with Crippen molar-refractivity contribution in [3.63, 3.8) is 0 Å². The van der Waals surface area contributed by atoms with E-state index in [0.717, 1.165) is 47.7 Å². The van der Waals surface area contributed by atoms with Crippen LogP contribution in [0.2, 0.25) is 0 Å². The van der Waals surface area contributed by atoms with Gasteiger partial charge in [0.05, 0.1) is 6.04 Å². The highest BCUT2D eigenvalue weighted by Crippen LogP contribution is 2.49. The minimum Gasteiger partial charge on any atom is -0.481 e. The molecule has 2 heterocycles. The predicted molar refractivity (Wildman–Crippen MR) is 131 cm³/mol. The number of nitrogens with two attached hydrogens (primary N) is 1. The Labute approximate surface area is 203 Å². The van der Waals surface area contributed by atoms with Gasteiger partial charge < -0.3 is 21.1 Å². The van der Waals surface area contributed by atoms with E-state index in [4.69, 9.17) is 10.5 Å². The van der Waals surface area contributed by atoms with Crippen LogP contribution in [0.15, 0.2) is 41.3 Å². The van der Waals surface area contributed by atoms with E-state index in [1.807, 2.05) is 24.5 Å². The Morgan fingerprint density at radius 3 is 2.59 bits per heavy atom. The highest BCUT2D eigenvalue weighted by atomic mass is 32.2. The van der Waals surface area contributed by atoms with E-state index in [9.17, 15) is 14.4 Å². The van der Waals surface area contributed by atoms with Crippen molar-refractivity contribution in [3.8, 4) is 5.75 Å². The normalized spacial score (nSPS) is 22.6. The summed E-state index contributed by atoms with van der Waals surface area (Å²) in [4.78, 5) is 39.3. The van der Waals surface area contributed by atoms with Gasteiger partial charge in [-0.1, -0.05) is 12.1 Å². The van der Waals surface area contributed by atoms with E-state index in [1.54, 1.807) is 12.1 Å². The number of benzene rings is 2. The molecule has 0 radical (unpaired) electrons. The molecule has 2 unspecified atom stereocenters. The lowest BCUT2D eigenvalue weighted by Crippen LogP contribution is -2.50. The van der Waals surface area contributed by atoms with Crippen molar-refractivity contribution in [2.45, 2.75) is 54.7 Å². The van der Waals surface area contributed by atoms with Crippen LogP contribution >= 0.6 is 11.8 Å². The number of ketones is 2. The first kappa shape index (κ1) is 23.1. The maximum absolute atomic E-state index is 14.0. The molecular weight excluding hydrogens is 450 g/mol. The Balaban J connectivity index is 1.49. The summed E-state index contributed by atoms with van der Waals surface area (Å²) in [6.45, 7) is 2.03. The highest BCUT2D eigenvalue weighted by molar-refractivity contribution is 7.98. The van der Waals surface area contributed by atoms with Gasteiger partial charge in [0.25, 0.3) is 5.91 Å². The summed E-state index contributed by atoms with van der Waals surface area (Å²) >= 11 is 1.47. The number of rotatable bonds is 6. The predicted octanol–water partition coefficient (Wildman–Crippen LogP) is 2.59. The van der Waals surface area contributed by atoms with Crippen LogP contribution in [0.1, 0.15) is 57.5 Å². The van der Waals surface area contributed by atoms with Crippen LogP contribution in [0.3, 0.4) is 0 Å². The molecule has 3 aliphatic rings. The van der Waals surface area contributed by atoms with Gasteiger partial charge >= 0.3 is 0 Å². The number of thioether (sulfide) groups is 1. The average molecular weight is 480 g/mol. The van der Waals surface area contributed by atoms with Crippen molar-refractivity contribution in [1.29, 1.82) is 0 Å². The van der Waals surface area contributed by atoms with Gasteiger partial charge in [0.15, 0.2) is 11.9 Å². The van der Waals surface area contributed by atoms with Gasteiger partial charge in [-0.3, -0.25) is 14.4 Å². The molecule has 1 spiro atoms. The highest BCUT2D eigenvalue weighted by Gasteiger charge is 2.52. The van der Waals surface area contributed by atoms with Crippen LogP contribution in [0.5, 0.6) is 5.75 Å². The first-order chi connectivity index (χ1) is 16.4. The van der Waals surface area contributed by atoms with Gasteiger partial charge in [-0.2, -0.15) is 0 Å². The van der Waals surface area contributed by atoms with Gasteiger partial charge in [0, 0.05) is 40.0 Å². The lowest BCUT2D eigenvalue weighted by atomic mass is 9.68. The van der Waals surface area contributed by atoms with Crippen molar-refractivity contribution in [1.82, 2.24) is 10.6 Å². The SMILES string of the molecule is CSc1cc(C(=O)NC2CCC2=O)cc(C(=O)C2Oc3ccc(CN)cc3C23CCNCC3)c1. The van der Waals surface area contributed by atoms with Gasteiger partial charge in [-0.15, -0.1) is 11.8 Å². The van der Waals surface area contributed by atoms with Gasteiger partial charge in [0.1, 0.15) is 5.75 Å². The quantitative estimate of drug-likeness (QED) is 0.431. The Kier molecular flexibility index (Phi) is 6.22. The van der Waals surface area contributed by atoms with Crippen molar-refractivity contribution >= 4 is 29.2 Å². The van der Waals surface area contributed by atoms with E-state index in [0.29, 0.717) is 30.5 Å². The van der Waals surface area contributed by atoms with Crippen LogP contribution in [-0.4, -0.2) is 49.0 Å². The zero-order valence-corrected chi connectivity index (χ0v) is 20.0. The number of nitrogens with one attached hydrogen (secondary N) is 2. The van der Waals surface area contributed by atoms with Crippen LogP contribution < -0.4 is 21.1 Å². The number of ether oxygens (including phenoxy) is 1. The lowest BCUT2D eigenvalue weighted by Gasteiger charge is -2.37. The molecule has 5 rings (SSSR count). The first-order valence-electron chi connectivity index (χ1n) is 11.7. The number of Topliss-reactive ketones (excluding diaryl/α,β-unsaturated/α-hetero) is 2. The van der Waals surface area contributed by atoms with Crippen LogP contribution in [0, 0.1) is 0 Å². The molecule has 1 saturated carbocycles. The van der Waals surface area contributed by atoms with E-state index in [-0.39, 0.29) is 17.5 Å². The third-order valence-electron chi connectivity index (χ3n) is 7.36. The summed E-state index contributed by atoms with van der Waals surface area (Å²) in [5.41, 5.74) is 8.37. The number of amides is 1. The fourth-order valence-corrected chi connectivity index (χ4v) is 5.72. The molecule has 178 valence electrons. The molecule has 0 bridgehead atoms. The maximum Gasteiger partial charge on any atom is 0.251 e. The van der Waals surface area contributed by atoms with Crippen LogP contribution in [0.25, 0.3) is 0 Å². The molecule has 1 aliphatic carbocycles. The molecule has 2 fully saturated rings. The van der Waals surface area contributed by atoms with E-state index in [2.05, 4.69) is 16.7 Å². The molecule has 8 heteroatoms. The van der Waals surface area contributed by atoms with Crippen LogP contribution in [0.4, 0.5) is 0 Å². The third kappa shape index (κ3) is 3.93. The zero-order valence-electron chi connectivity index (χ0n) is 19.2.